The summed E-state index contributed by atoms with van der Waals surface area (Å²) in [6.07, 6.45) is 8.04. The molecule has 1 aliphatic heterocycles. The zero-order valence-electron chi connectivity index (χ0n) is 8.89. The van der Waals surface area contributed by atoms with Gasteiger partial charge in [-0.3, -0.25) is 0 Å². The Morgan fingerprint density at radius 2 is 2.60 bits per heavy atom. The molecule has 5 nitrogen and oxygen atoms in total. The van der Waals surface area contributed by atoms with Gasteiger partial charge in [0.1, 0.15) is 18.3 Å². The fraction of sp³-hybridized carbons (Fsp3) is 0.600. The molecule has 1 unspecified atom stereocenters. The molecule has 0 amide bonds. The van der Waals surface area contributed by atoms with Crippen molar-refractivity contribution >= 4 is 0 Å². The molecule has 0 aliphatic carbocycles. The van der Waals surface area contributed by atoms with E-state index in [2.05, 4.69) is 21.6 Å². The predicted molar refractivity (Wildman–Crippen MR) is 56.0 cm³/mol. The Labute approximate surface area is 89.1 Å². The highest BCUT2D eigenvalue weighted by molar-refractivity contribution is 4.86. The van der Waals surface area contributed by atoms with E-state index < -0.39 is 0 Å². The maximum atomic E-state index is 5.44. The van der Waals surface area contributed by atoms with Crippen molar-refractivity contribution in [2.24, 2.45) is 7.05 Å². The first-order valence-corrected chi connectivity index (χ1v) is 5.20. The number of aromatic nitrogens is 3. The predicted octanol–water partition coefficient (Wildman–Crippen LogP) is 0.597. The molecule has 0 saturated carbocycles. The molecule has 2 rings (SSSR count). The Hall–Kier alpha value is -1.36. The van der Waals surface area contributed by atoms with Crippen LogP contribution in [-0.4, -0.2) is 27.4 Å². The first-order valence-electron chi connectivity index (χ1n) is 5.20. The quantitative estimate of drug-likeness (QED) is 0.787. The van der Waals surface area contributed by atoms with Crippen LogP contribution in [0, 0.1) is 0 Å². The molecule has 0 aromatic carbocycles. The van der Waals surface area contributed by atoms with Crippen molar-refractivity contribution in [3.8, 4) is 0 Å². The van der Waals surface area contributed by atoms with E-state index in [9.17, 15) is 0 Å². The Bertz CT molecular complexity index is 334. The van der Waals surface area contributed by atoms with Gasteiger partial charge in [0.05, 0.1) is 12.8 Å². The third-order valence-corrected chi connectivity index (χ3v) is 2.48. The molecular formula is C10H16N4O. The number of rotatable bonds is 4. The standard InChI is InChI=1S/C10H16N4O/c1-14-8-12-13-10(14)7-11-6-9-4-2-3-5-15-9/h3,5,8-9,11H,2,4,6-7H2,1H3. The van der Waals surface area contributed by atoms with Crippen molar-refractivity contribution in [2.75, 3.05) is 6.54 Å². The minimum atomic E-state index is 0.295. The summed E-state index contributed by atoms with van der Waals surface area (Å²) in [5.41, 5.74) is 0. The summed E-state index contributed by atoms with van der Waals surface area (Å²) >= 11 is 0. The van der Waals surface area contributed by atoms with E-state index in [1.165, 1.54) is 0 Å². The molecule has 0 radical (unpaired) electrons. The lowest BCUT2D eigenvalue weighted by atomic mass is 10.1. The molecule has 1 atom stereocenters. The van der Waals surface area contributed by atoms with Gasteiger partial charge < -0.3 is 14.6 Å². The van der Waals surface area contributed by atoms with E-state index in [1.807, 2.05) is 11.6 Å². The number of ether oxygens (including phenoxy) is 1. The molecule has 0 spiro atoms. The van der Waals surface area contributed by atoms with Crippen molar-refractivity contribution in [1.82, 2.24) is 20.1 Å². The number of hydrogen-bond acceptors (Lipinski definition) is 4. The largest absolute Gasteiger partial charge is 0.497 e. The summed E-state index contributed by atoms with van der Waals surface area (Å²) in [6, 6.07) is 0. The van der Waals surface area contributed by atoms with Gasteiger partial charge in [-0.25, -0.2) is 0 Å². The van der Waals surface area contributed by atoms with Crippen LogP contribution >= 0.6 is 0 Å². The smallest absolute Gasteiger partial charge is 0.146 e. The van der Waals surface area contributed by atoms with Crippen molar-refractivity contribution in [1.29, 1.82) is 0 Å². The monoisotopic (exact) mass is 208 g/mol. The van der Waals surface area contributed by atoms with Crippen molar-refractivity contribution < 1.29 is 4.74 Å². The Kier molecular flexibility index (Phi) is 3.34. The van der Waals surface area contributed by atoms with Crippen LogP contribution in [-0.2, 0) is 18.3 Å². The zero-order valence-corrected chi connectivity index (χ0v) is 8.89. The average molecular weight is 208 g/mol. The molecule has 82 valence electrons. The molecular weight excluding hydrogens is 192 g/mol. The van der Waals surface area contributed by atoms with Crippen LogP contribution < -0.4 is 5.32 Å². The van der Waals surface area contributed by atoms with Crippen LogP contribution in [0.2, 0.25) is 0 Å². The van der Waals surface area contributed by atoms with Crippen LogP contribution in [0.3, 0.4) is 0 Å². The molecule has 1 N–H and O–H groups in total. The summed E-state index contributed by atoms with van der Waals surface area (Å²) in [5, 5.41) is 11.1. The Morgan fingerprint density at radius 1 is 1.67 bits per heavy atom. The third kappa shape index (κ3) is 2.79. The third-order valence-electron chi connectivity index (χ3n) is 2.48. The summed E-state index contributed by atoms with van der Waals surface area (Å²) in [4.78, 5) is 0. The van der Waals surface area contributed by atoms with E-state index in [-0.39, 0.29) is 0 Å². The summed E-state index contributed by atoms with van der Waals surface area (Å²) in [5.74, 6) is 0.946. The maximum absolute atomic E-state index is 5.44. The Balaban J connectivity index is 1.71. The van der Waals surface area contributed by atoms with Crippen LogP contribution in [0.4, 0.5) is 0 Å². The number of allylic oxidation sites excluding steroid dienone is 1. The van der Waals surface area contributed by atoms with Crippen LogP contribution in [0.1, 0.15) is 18.7 Å². The molecule has 1 aliphatic rings. The van der Waals surface area contributed by atoms with Gasteiger partial charge in [-0.1, -0.05) is 0 Å². The molecule has 5 heteroatoms. The van der Waals surface area contributed by atoms with E-state index >= 15 is 0 Å². The van der Waals surface area contributed by atoms with E-state index in [4.69, 9.17) is 4.74 Å². The fourth-order valence-electron chi connectivity index (χ4n) is 1.55. The second kappa shape index (κ2) is 4.93. The van der Waals surface area contributed by atoms with Gasteiger partial charge in [-0.05, 0) is 18.9 Å². The fourth-order valence-corrected chi connectivity index (χ4v) is 1.55. The highest BCUT2D eigenvalue weighted by Crippen LogP contribution is 2.08. The number of nitrogens with one attached hydrogen (secondary N) is 1. The van der Waals surface area contributed by atoms with Gasteiger partial charge in [0, 0.05) is 13.6 Å². The molecule has 0 bridgehead atoms. The normalized spacial score (nSPS) is 20.2. The van der Waals surface area contributed by atoms with E-state index in [1.54, 1.807) is 12.6 Å². The molecule has 0 saturated heterocycles. The number of aryl methyl sites for hydroxylation is 1. The molecule has 0 fully saturated rings. The highest BCUT2D eigenvalue weighted by Gasteiger charge is 2.10. The van der Waals surface area contributed by atoms with Gasteiger partial charge in [-0.15, -0.1) is 10.2 Å². The summed E-state index contributed by atoms with van der Waals surface area (Å²) in [7, 11) is 1.94. The van der Waals surface area contributed by atoms with E-state index in [0.717, 1.165) is 31.8 Å². The van der Waals surface area contributed by atoms with Gasteiger partial charge in [0.15, 0.2) is 0 Å². The maximum Gasteiger partial charge on any atom is 0.146 e. The second-order valence-electron chi connectivity index (χ2n) is 3.70. The first-order chi connectivity index (χ1) is 7.36. The average Bonchev–Trinajstić information content (AvgIpc) is 2.66. The zero-order chi connectivity index (χ0) is 10.5. The van der Waals surface area contributed by atoms with Gasteiger partial charge in [-0.2, -0.15) is 0 Å². The second-order valence-corrected chi connectivity index (χ2v) is 3.70. The van der Waals surface area contributed by atoms with Crippen molar-refractivity contribution in [3.63, 3.8) is 0 Å². The van der Waals surface area contributed by atoms with Crippen molar-refractivity contribution in [3.05, 3.63) is 24.5 Å². The lowest BCUT2D eigenvalue weighted by molar-refractivity contribution is 0.122. The molecule has 1 aromatic heterocycles. The SMILES string of the molecule is Cn1cnnc1CNCC1CCC=CO1. The van der Waals surface area contributed by atoms with Crippen LogP contribution in [0.15, 0.2) is 18.7 Å². The Morgan fingerprint density at radius 3 is 3.27 bits per heavy atom. The molecule has 2 heterocycles. The molecule has 1 aromatic rings. The van der Waals surface area contributed by atoms with Crippen molar-refractivity contribution in [2.45, 2.75) is 25.5 Å². The minimum absolute atomic E-state index is 0.295. The molecule has 15 heavy (non-hydrogen) atoms. The van der Waals surface area contributed by atoms with Gasteiger partial charge in [0.25, 0.3) is 0 Å². The lowest BCUT2D eigenvalue weighted by Crippen LogP contribution is -2.29. The number of nitrogens with zero attached hydrogens (tertiary/aromatic N) is 3. The lowest BCUT2D eigenvalue weighted by Gasteiger charge is -2.19. The van der Waals surface area contributed by atoms with Gasteiger partial charge in [0.2, 0.25) is 0 Å². The highest BCUT2D eigenvalue weighted by atomic mass is 16.5. The van der Waals surface area contributed by atoms with E-state index in [0.29, 0.717) is 6.10 Å². The first kappa shape index (κ1) is 10.2. The number of hydrogen-bond donors (Lipinski definition) is 1. The van der Waals surface area contributed by atoms with Gasteiger partial charge >= 0.3 is 0 Å². The topological polar surface area (TPSA) is 52.0 Å². The van der Waals surface area contributed by atoms with Crippen LogP contribution in [0.25, 0.3) is 0 Å². The minimum Gasteiger partial charge on any atom is -0.497 e. The summed E-state index contributed by atoms with van der Waals surface area (Å²) < 4.78 is 7.35. The van der Waals surface area contributed by atoms with Crippen LogP contribution in [0.5, 0.6) is 0 Å². The summed E-state index contributed by atoms with van der Waals surface area (Å²) in [6.45, 7) is 1.59.